The zero-order chi connectivity index (χ0) is 26.4. The van der Waals surface area contributed by atoms with Crippen molar-refractivity contribution in [3.63, 3.8) is 0 Å². The van der Waals surface area contributed by atoms with Crippen molar-refractivity contribution in [3.05, 3.63) is 17.5 Å². The zero-order valence-corrected chi connectivity index (χ0v) is 22.6. The lowest BCUT2D eigenvalue weighted by atomic mass is 9.99. The largest absolute Gasteiger partial charge is 0.360 e. The fraction of sp³-hybridized carbons (Fsp3) is 0.840. The van der Waals surface area contributed by atoms with Crippen molar-refractivity contribution in [1.82, 2.24) is 24.0 Å². The Labute approximate surface area is 218 Å². The Bertz CT molecular complexity index is 1050. The smallest absolute Gasteiger partial charge is 0.282 e. The van der Waals surface area contributed by atoms with Crippen LogP contribution in [0.25, 0.3) is 0 Å². The zero-order valence-electron chi connectivity index (χ0n) is 21.7. The highest BCUT2D eigenvalue weighted by atomic mass is 32.2. The van der Waals surface area contributed by atoms with Crippen LogP contribution in [0.15, 0.2) is 10.6 Å². The molecule has 9 nitrogen and oxygen atoms in total. The Morgan fingerprint density at radius 1 is 1.16 bits per heavy atom. The maximum Gasteiger partial charge on any atom is 0.282 e. The molecular weight excluding hydrogens is 504 g/mol. The number of hydrogen-bond acceptors (Lipinski definition) is 6. The Kier molecular flexibility index (Phi) is 7.65. The molecule has 5 rings (SSSR count). The number of alkyl halides is 2. The van der Waals surface area contributed by atoms with Gasteiger partial charge in [0.05, 0.1) is 0 Å². The van der Waals surface area contributed by atoms with Crippen molar-refractivity contribution in [2.45, 2.75) is 107 Å². The quantitative estimate of drug-likeness (QED) is 0.486. The number of amides is 1. The van der Waals surface area contributed by atoms with Crippen LogP contribution >= 0.6 is 0 Å². The van der Waals surface area contributed by atoms with E-state index in [2.05, 4.69) is 15.4 Å². The summed E-state index contributed by atoms with van der Waals surface area (Å²) in [6.07, 6.45) is 6.60. The summed E-state index contributed by atoms with van der Waals surface area (Å²) in [5, 5.41) is 6.98. The average Bonchev–Trinajstić information content (AvgIpc) is 3.49. The lowest BCUT2D eigenvalue weighted by Gasteiger charge is -2.43. The highest BCUT2D eigenvalue weighted by molar-refractivity contribution is 7.86. The highest BCUT2D eigenvalue weighted by Gasteiger charge is 2.49. The molecule has 1 aromatic rings. The van der Waals surface area contributed by atoms with Crippen molar-refractivity contribution in [1.29, 1.82) is 0 Å². The van der Waals surface area contributed by atoms with E-state index in [1.54, 1.807) is 14.7 Å². The number of fused-ring (bicyclic) bond motifs is 2. The lowest BCUT2D eigenvalue weighted by molar-refractivity contribution is 0.00740. The van der Waals surface area contributed by atoms with Crippen molar-refractivity contribution in [2.75, 3.05) is 26.7 Å². The van der Waals surface area contributed by atoms with Gasteiger partial charge in [-0.15, -0.1) is 0 Å². The predicted octanol–water partition coefficient (Wildman–Crippen LogP) is 3.35. The van der Waals surface area contributed by atoms with Crippen LogP contribution in [0.1, 0.15) is 93.3 Å². The van der Waals surface area contributed by atoms with Gasteiger partial charge in [-0.25, -0.2) is 8.78 Å². The van der Waals surface area contributed by atoms with Gasteiger partial charge in [0.15, 0.2) is 5.69 Å². The standard InChI is InChI=1S/C25H39F2N5O4S/c1-25(26,27)10-3-11-30(2)19-8-12-31(13-9-19)37(34,35)32-20-6-7-21(32)15-18(14-20)28-24(33)22-16-23(36-29-22)17-4-5-17/h16-21H,3-15H2,1-2H3,(H,28,33)/t18?,20-,21+. The molecule has 3 aliphatic heterocycles. The van der Waals surface area contributed by atoms with Crippen molar-refractivity contribution in [3.8, 4) is 0 Å². The van der Waals surface area contributed by atoms with E-state index in [1.165, 1.54) is 0 Å². The first-order valence-corrected chi connectivity index (χ1v) is 15.0. The summed E-state index contributed by atoms with van der Waals surface area (Å²) in [6, 6.07) is 1.59. The second-order valence-electron chi connectivity index (χ2n) is 11.5. The normalized spacial score (nSPS) is 28.2. The minimum atomic E-state index is -3.60. The number of halogens is 2. The van der Waals surface area contributed by atoms with Gasteiger partial charge in [0.2, 0.25) is 5.92 Å². The first kappa shape index (κ1) is 27.0. The van der Waals surface area contributed by atoms with E-state index in [1.807, 2.05) is 7.05 Å². The molecule has 2 bridgehead atoms. The van der Waals surface area contributed by atoms with Crippen LogP contribution in [0.4, 0.5) is 8.78 Å². The van der Waals surface area contributed by atoms with Crippen molar-refractivity contribution in [2.24, 2.45) is 0 Å². The number of piperidine rings is 2. The number of carbonyl (C=O) groups excluding carboxylic acids is 1. The van der Waals surface area contributed by atoms with E-state index in [4.69, 9.17) is 4.52 Å². The third-order valence-electron chi connectivity index (χ3n) is 8.51. The average molecular weight is 544 g/mol. The molecule has 0 radical (unpaired) electrons. The van der Waals surface area contributed by atoms with Crippen LogP contribution in [0.3, 0.4) is 0 Å². The van der Waals surface area contributed by atoms with Crippen LogP contribution in [0, 0.1) is 0 Å². The first-order valence-electron chi connectivity index (χ1n) is 13.7. The van der Waals surface area contributed by atoms with E-state index < -0.39 is 16.1 Å². The number of nitrogens with one attached hydrogen (secondary N) is 1. The van der Waals surface area contributed by atoms with Crippen LogP contribution in [0.5, 0.6) is 0 Å². The summed E-state index contributed by atoms with van der Waals surface area (Å²) in [4.78, 5) is 14.8. The molecule has 1 saturated carbocycles. The van der Waals surface area contributed by atoms with E-state index >= 15 is 0 Å². The second-order valence-corrected chi connectivity index (χ2v) is 13.4. The third kappa shape index (κ3) is 6.17. The van der Waals surface area contributed by atoms with Gasteiger partial charge in [-0.3, -0.25) is 4.79 Å². The van der Waals surface area contributed by atoms with Gasteiger partial charge < -0.3 is 14.7 Å². The van der Waals surface area contributed by atoms with Crippen molar-refractivity contribution < 1.29 is 26.5 Å². The van der Waals surface area contributed by atoms with Crippen LogP contribution in [-0.4, -0.2) is 89.8 Å². The number of nitrogens with zero attached hydrogens (tertiary/aromatic N) is 4. The number of hydrogen-bond donors (Lipinski definition) is 1. The molecule has 1 N–H and O–H groups in total. The van der Waals surface area contributed by atoms with Crippen LogP contribution in [-0.2, 0) is 10.2 Å². The Balaban J connectivity index is 1.12. The SMILES string of the molecule is CN(CCCC(C)(F)F)C1CCN(S(=O)(=O)N2[C@@H]3CC[C@H]2CC(NC(=O)c2cc(C4CC4)on2)C3)CC1. The van der Waals surface area contributed by atoms with E-state index in [0.717, 1.165) is 38.4 Å². The van der Waals surface area contributed by atoms with Crippen LogP contribution < -0.4 is 5.32 Å². The Morgan fingerprint density at radius 3 is 2.41 bits per heavy atom. The van der Waals surface area contributed by atoms with Gasteiger partial charge in [0.1, 0.15) is 5.76 Å². The molecule has 1 aromatic heterocycles. The summed E-state index contributed by atoms with van der Waals surface area (Å²) < 4.78 is 62.1. The van der Waals surface area contributed by atoms with Gasteiger partial charge in [-0.2, -0.15) is 17.0 Å². The summed E-state index contributed by atoms with van der Waals surface area (Å²) in [7, 11) is -1.66. The maximum absolute atomic E-state index is 13.6. The Morgan fingerprint density at radius 2 is 1.81 bits per heavy atom. The molecule has 12 heteroatoms. The molecule has 0 aromatic carbocycles. The molecule has 0 spiro atoms. The van der Waals surface area contributed by atoms with Crippen molar-refractivity contribution >= 4 is 16.1 Å². The van der Waals surface area contributed by atoms with Gasteiger partial charge in [0.25, 0.3) is 16.1 Å². The minimum Gasteiger partial charge on any atom is -0.360 e. The van der Waals surface area contributed by atoms with Gasteiger partial charge in [-0.1, -0.05) is 5.16 Å². The molecule has 3 atom stereocenters. The molecule has 4 heterocycles. The number of aromatic nitrogens is 1. The van der Waals surface area contributed by atoms with Crippen LogP contribution in [0.2, 0.25) is 0 Å². The summed E-state index contributed by atoms with van der Waals surface area (Å²) in [5.41, 5.74) is 0.292. The maximum atomic E-state index is 13.6. The number of carbonyl (C=O) groups is 1. The molecule has 1 aliphatic carbocycles. The molecular formula is C25H39F2N5O4S. The molecule has 3 saturated heterocycles. The Hall–Kier alpha value is -1.63. The highest BCUT2D eigenvalue weighted by Crippen LogP contribution is 2.41. The first-order chi connectivity index (χ1) is 17.5. The number of rotatable bonds is 10. The van der Waals surface area contributed by atoms with Gasteiger partial charge in [0, 0.05) is 55.7 Å². The fourth-order valence-electron chi connectivity index (χ4n) is 6.31. The lowest BCUT2D eigenvalue weighted by Crippen LogP contribution is -2.57. The summed E-state index contributed by atoms with van der Waals surface area (Å²) in [5.74, 6) is -1.75. The summed E-state index contributed by atoms with van der Waals surface area (Å²) >= 11 is 0. The van der Waals surface area contributed by atoms with E-state index in [-0.39, 0.29) is 36.5 Å². The molecule has 1 unspecified atom stereocenters. The fourth-order valence-corrected chi connectivity index (χ4v) is 8.39. The predicted molar refractivity (Wildman–Crippen MR) is 134 cm³/mol. The molecule has 4 aliphatic rings. The van der Waals surface area contributed by atoms with Gasteiger partial charge in [-0.05, 0) is 78.3 Å². The summed E-state index contributed by atoms with van der Waals surface area (Å²) in [6.45, 7) is 2.40. The van der Waals surface area contributed by atoms with Gasteiger partial charge >= 0.3 is 0 Å². The van der Waals surface area contributed by atoms with E-state index in [9.17, 15) is 22.0 Å². The molecule has 37 heavy (non-hydrogen) atoms. The molecule has 4 fully saturated rings. The third-order valence-corrected chi connectivity index (χ3v) is 10.7. The molecule has 208 valence electrons. The monoisotopic (exact) mass is 543 g/mol. The minimum absolute atomic E-state index is 0.0904. The topological polar surface area (TPSA) is 99.0 Å². The van der Waals surface area contributed by atoms with E-state index in [0.29, 0.717) is 63.4 Å². The second kappa shape index (κ2) is 10.5. The molecule has 1 amide bonds.